The molecule has 0 radical (unpaired) electrons. The van der Waals surface area contributed by atoms with E-state index in [9.17, 15) is 0 Å². The highest BCUT2D eigenvalue weighted by Gasteiger charge is 2.37. The summed E-state index contributed by atoms with van der Waals surface area (Å²) < 4.78 is 0. The molecule has 2 aliphatic heterocycles. The maximum atomic E-state index is 4.14. The molecule has 22 heavy (non-hydrogen) atoms. The molecule has 3 heteroatoms. The molecule has 0 bridgehead atoms. The number of nitrogens with zero attached hydrogens (tertiary/aromatic N) is 3. The molecule has 2 aliphatic rings. The van der Waals surface area contributed by atoms with E-state index in [0.717, 1.165) is 0 Å². The van der Waals surface area contributed by atoms with Crippen molar-refractivity contribution in [2.75, 3.05) is 31.1 Å². The lowest BCUT2D eigenvalue weighted by Crippen LogP contribution is -2.43. The molecule has 0 amide bonds. The summed E-state index contributed by atoms with van der Waals surface area (Å²) in [5.41, 5.74) is 2.27. The maximum absolute atomic E-state index is 4.14. The van der Waals surface area contributed by atoms with Gasteiger partial charge in [-0.1, -0.05) is 0 Å². The zero-order valence-corrected chi connectivity index (χ0v) is 14.5. The van der Waals surface area contributed by atoms with Crippen molar-refractivity contribution in [2.45, 2.75) is 58.4 Å². The van der Waals surface area contributed by atoms with Gasteiger partial charge in [-0.25, -0.2) is 0 Å². The Labute approximate surface area is 135 Å². The van der Waals surface area contributed by atoms with Crippen LogP contribution >= 0.6 is 0 Å². The number of hydrogen-bond acceptors (Lipinski definition) is 3. The van der Waals surface area contributed by atoms with Crippen molar-refractivity contribution in [1.29, 1.82) is 0 Å². The van der Waals surface area contributed by atoms with Crippen LogP contribution in [0.15, 0.2) is 24.5 Å². The number of hydrogen-bond donors (Lipinski definition) is 0. The van der Waals surface area contributed by atoms with Gasteiger partial charge in [0.1, 0.15) is 0 Å². The second-order valence-corrected chi connectivity index (χ2v) is 8.20. The van der Waals surface area contributed by atoms with Crippen LogP contribution in [0.4, 0.5) is 5.69 Å². The van der Waals surface area contributed by atoms with E-state index in [-0.39, 0.29) is 0 Å². The lowest BCUT2D eigenvalue weighted by atomic mass is 9.73. The zero-order valence-electron chi connectivity index (χ0n) is 14.5. The van der Waals surface area contributed by atoms with E-state index in [1.54, 1.807) is 0 Å². The summed E-state index contributed by atoms with van der Waals surface area (Å²) in [7, 11) is 0. The molecule has 1 aromatic rings. The minimum absolute atomic E-state index is 0.323. The Morgan fingerprint density at radius 3 is 2.18 bits per heavy atom. The van der Waals surface area contributed by atoms with Gasteiger partial charge in [-0.15, -0.1) is 0 Å². The van der Waals surface area contributed by atoms with E-state index in [2.05, 4.69) is 47.7 Å². The first-order valence-corrected chi connectivity index (χ1v) is 8.89. The summed E-state index contributed by atoms with van der Waals surface area (Å²) in [6, 6.07) is 4.29. The van der Waals surface area contributed by atoms with Crippen LogP contribution in [0.2, 0.25) is 0 Å². The molecule has 122 valence electrons. The van der Waals surface area contributed by atoms with Crippen molar-refractivity contribution in [3.63, 3.8) is 0 Å². The van der Waals surface area contributed by atoms with Crippen molar-refractivity contribution < 1.29 is 0 Å². The number of likely N-dealkylation sites (tertiary alicyclic amines) is 1. The quantitative estimate of drug-likeness (QED) is 0.783. The molecule has 0 saturated carbocycles. The van der Waals surface area contributed by atoms with E-state index < -0.39 is 0 Å². The van der Waals surface area contributed by atoms with Gasteiger partial charge in [-0.2, -0.15) is 0 Å². The summed E-state index contributed by atoms with van der Waals surface area (Å²) in [5, 5.41) is 0. The van der Waals surface area contributed by atoms with Crippen LogP contribution in [0, 0.1) is 5.41 Å². The molecule has 3 rings (SSSR count). The number of piperidine rings is 1. The fourth-order valence-electron chi connectivity index (χ4n) is 4.22. The molecule has 1 spiro atoms. The summed E-state index contributed by atoms with van der Waals surface area (Å²) in [4.78, 5) is 9.37. The van der Waals surface area contributed by atoms with Crippen molar-refractivity contribution in [3.05, 3.63) is 24.5 Å². The molecule has 0 aromatic carbocycles. The van der Waals surface area contributed by atoms with Crippen molar-refractivity contribution >= 4 is 5.69 Å². The minimum Gasteiger partial charge on any atom is -0.371 e. The summed E-state index contributed by atoms with van der Waals surface area (Å²) >= 11 is 0. The second kappa shape index (κ2) is 6.19. The van der Waals surface area contributed by atoms with E-state index in [1.165, 1.54) is 64.0 Å². The topological polar surface area (TPSA) is 19.4 Å². The van der Waals surface area contributed by atoms with Gasteiger partial charge >= 0.3 is 0 Å². The predicted octanol–water partition coefficient (Wildman–Crippen LogP) is 3.95. The minimum atomic E-state index is 0.323. The van der Waals surface area contributed by atoms with Gasteiger partial charge in [0.2, 0.25) is 0 Å². The van der Waals surface area contributed by atoms with Gasteiger partial charge in [-0.05, 0) is 83.5 Å². The van der Waals surface area contributed by atoms with E-state index in [1.807, 2.05) is 12.4 Å². The molecule has 1 aromatic heterocycles. The lowest BCUT2D eigenvalue weighted by molar-refractivity contribution is 0.126. The third-order valence-corrected chi connectivity index (χ3v) is 5.85. The molecule has 0 unspecified atom stereocenters. The molecule has 3 nitrogen and oxygen atoms in total. The van der Waals surface area contributed by atoms with Crippen molar-refractivity contribution in [1.82, 2.24) is 9.88 Å². The average molecular weight is 301 g/mol. The van der Waals surface area contributed by atoms with Crippen molar-refractivity contribution in [2.24, 2.45) is 5.41 Å². The second-order valence-electron chi connectivity index (χ2n) is 8.20. The largest absolute Gasteiger partial charge is 0.371 e. The smallest absolute Gasteiger partial charge is 0.0397 e. The SMILES string of the molecule is CC(C)(C)N1CCCC2(CCN(c3ccncc3)CC2)CC1. The summed E-state index contributed by atoms with van der Waals surface area (Å²) in [6.45, 7) is 12.0. The molecule has 3 heterocycles. The molecular formula is C19H31N3. The molecule has 0 aliphatic carbocycles. The Morgan fingerprint density at radius 1 is 0.909 bits per heavy atom. The highest BCUT2D eigenvalue weighted by atomic mass is 15.2. The van der Waals surface area contributed by atoms with E-state index in [4.69, 9.17) is 0 Å². The van der Waals surface area contributed by atoms with Gasteiger partial charge in [0.05, 0.1) is 0 Å². The molecule has 0 N–H and O–H groups in total. The molecule has 2 saturated heterocycles. The average Bonchev–Trinajstić information content (AvgIpc) is 2.72. The van der Waals surface area contributed by atoms with Crippen LogP contribution in [0.25, 0.3) is 0 Å². The number of aromatic nitrogens is 1. The van der Waals surface area contributed by atoms with Crippen molar-refractivity contribution in [3.8, 4) is 0 Å². The summed E-state index contributed by atoms with van der Waals surface area (Å²) in [6.07, 6.45) is 10.7. The monoisotopic (exact) mass is 301 g/mol. The Kier molecular flexibility index (Phi) is 4.44. The summed E-state index contributed by atoms with van der Waals surface area (Å²) in [5.74, 6) is 0. The number of rotatable bonds is 1. The highest BCUT2D eigenvalue weighted by molar-refractivity contribution is 5.45. The van der Waals surface area contributed by atoms with Crippen LogP contribution in [0.1, 0.15) is 52.9 Å². The maximum Gasteiger partial charge on any atom is 0.0397 e. The van der Waals surface area contributed by atoms with Crippen LogP contribution in [0.5, 0.6) is 0 Å². The normalized spacial score (nSPS) is 23.5. The molecule has 2 fully saturated rings. The third kappa shape index (κ3) is 3.45. The first kappa shape index (κ1) is 15.8. The predicted molar refractivity (Wildman–Crippen MR) is 93.3 cm³/mol. The Hall–Kier alpha value is -1.09. The van der Waals surface area contributed by atoms with Crippen LogP contribution < -0.4 is 4.90 Å². The van der Waals surface area contributed by atoms with E-state index >= 15 is 0 Å². The fourth-order valence-corrected chi connectivity index (χ4v) is 4.22. The van der Waals surface area contributed by atoms with Gasteiger partial charge < -0.3 is 4.90 Å². The third-order valence-electron chi connectivity index (χ3n) is 5.85. The van der Waals surface area contributed by atoms with Crippen LogP contribution in [-0.2, 0) is 0 Å². The lowest BCUT2D eigenvalue weighted by Gasteiger charge is -2.43. The Morgan fingerprint density at radius 2 is 1.55 bits per heavy atom. The Bertz CT molecular complexity index is 469. The van der Waals surface area contributed by atoms with Crippen LogP contribution in [-0.4, -0.2) is 41.6 Å². The zero-order chi connectivity index (χ0) is 15.6. The molecular weight excluding hydrogens is 270 g/mol. The standard InChI is InChI=1S/C19H31N3/c1-18(2,3)22-13-4-7-19(10-16-22)8-14-21(15-9-19)17-5-11-20-12-6-17/h5-6,11-12H,4,7-10,13-16H2,1-3H3. The highest BCUT2D eigenvalue weighted by Crippen LogP contribution is 2.42. The fraction of sp³-hybridized carbons (Fsp3) is 0.737. The van der Waals surface area contributed by atoms with Crippen LogP contribution in [0.3, 0.4) is 0 Å². The first-order chi connectivity index (χ1) is 10.5. The van der Waals surface area contributed by atoms with Gasteiger partial charge in [0, 0.05) is 36.7 Å². The first-order valence-electron chi connectivity index (χ1n) is 8.89. The number of pyridine rings is 1. The van der Waals surface area contributed by atoms with Gasteiger partial charge in [0.25, 0.3) is 0 Å². The van der Waals surface area contributed by atoms with E-state index in [0.29, 0.717) is 11.0 Å². The Balaban J connectivity index is 1.60. The molecule has 0 atom stereocenters. The van der Waals surface area contributed by atoms with Gasteiger partial charge in [0.15, 0.2) is 0 Å². The number of anilines is 1. The van der Waals surface area contributed by atoms with Gasteiger partial charge in [-0.3, -0.25) is 9.88 Å².